The Bertz CT molecular complexity index is 2750. The maximum Gasteiger partial charge on any atom is 0.160 e. The molecule has 0 fully saturated rings. The highest BCUT2D eigenvalue weighted by atomic mass is 16.3. The van der Waals surface area contributed by atoms with Crippen molar-refractivity contribution in [3.8, 4) is 67.5 Å². The van der Waals surface area contributed by atoms with E-state index < -0.39 is 5.41 Å². The first kappa shape index (κ1) is 28.9. The summed E-state index contributed by atoms with van der Waals surface area (Å²) in [7, 11) is 0. The average Bonchev–Trinajstić information content (AvgIpc) is 3.85. The predicted octanol–water partition coefficient (Wildman–Crippen LogP) is 12.2. The summed E-state index contributed by atoms with van der Waals surface area (Å²) in [5, 5.41) is 1.16. The molecule has 0 unspecified atom stereocenters. The van der Waals surface area contributed by atoms with Crippen LogP contribution in [0.5, 0.6) is 0 Å². The maximum absolute atomic E-state index is 6.87. The minimum atomic E-state index is -0.482. The van der Waals surface area contributed by atoms with Gasteiger partial charge in [-0.2, -0.15) is 0 Å². The third-order valence-corrected chi connectivity index (χ3v) is 10.9. The van der Waals surface area contributed by atoms with Gasteiger partial charge in [0.2, 0.25) is 0 Å². The monoisotopic (exact) mass is 662 g/mol. The van der Waals surface area contributed by atoms with Crippen LogP contribution >= 0.6 is 0 Å². The van der Waals surface area contributed by atoms with Crippen LogP contribution in [0.3, 0.4) is 0 Å². The second-order valence-electron chi connectivity index (χ2n) is 13.6. The van der Waals surface area contributed by atoms with Crippen molar-refractivity contribution in [1.29, 1.82) is 0 Å². The zero-order chi connectivity index (χ0) is 34.2. The van der Waals surface area contributed by atoms with E-state index >= 15 is 0 Å². The lowest BCUT2D eigenvalue weighted by Crippen LogP contribution is -2.25. The van der Waals surface area contributed by atoms with Gasteiger partial charge in [-0.3, -0.25) is 0 Å². The van der Waals surface area contributed by atoms with Gasteiger partial charge in [-0.25, -0.2) is 9.97 Å². The summed E-state index contributed by atoms with van der Waals surface area (Å²) in [5.74, 6) is 1.65. The Morgan fingerprint density at radius 1 is 0.385 bits per heavy atom. The number of fused-ring (bicyclic) bond motifs is 12. The maximum atomic E-state index is 6.87. The van der Waals surface area contributed by atoms with Crippen LogP contribution in [0.2, 0.25) is 0 Å². The lowest BCUT2D eigenvalue weighted by atomic mass is 9.70. The number of hydrogen-bond acceptors (Lipinski definition) is 3. The standard InChI is InChI=1S/C49H30N2O/c1-3-15-31(16-4-1)43-30-44(51-48(50-43)32-17-5-2-6-18-32)37-22-8-7-19-34(37)33-27-28-42-39(29-33)47-46(38-23-11-14-26-45(38)52-47)49(42)40-24-12-9-20-35(40)36-21-10-13-25-41(36)49/h1-30H. The zero-order valence-corrected chi connectivity index (χ0v) is 28.1. The van der Waals surface area contributed by atoms with Crippen molar-refractivity contribution in [1.82, 2.24) is 9.97 Å². The number of hydrogen-bond donors (Lipinski definition) is 0. The quantitative estimate of drug-likeness (QED) is 0.188. The summed E-state index contributed by atoms with van der Waals surface area (Å²) in [6.07, 6.45) is 0. The Morgan fingerprint density at radius 2 is 0.942 bits per heavy atom. The number of benzene rings is 7. The zero-order valence-electron chi connectivity index (χ0n) is 28.1. The predicted molar refractivity (Wildman–Crippen MR) is 210 cm³/mol. The van der Waals surface area contributed by atoms with Gasteiger partial charge in [-0.1, -0.05) is 164 Å². The van der Waals surface area contributed by atoms with Gasteiger partial charge < -0.3 is 4.42 Å². The molecule has 0 bridgehead atoms. The van der Waals surface area contributed by atoms with E-state index in [1.807, 2.05) is 24.3 Å². The molecular weight excluding hydrogens is 633 g/mol. The van der Waals surface area contributed by atoms with E-state index in [0.717, 1.165) is 61.5 Å². The molecule has 2 aliphatic carbocycles. The van der Waals surface area contributed by atoms with E-state index in [1.165, 1.54) is 33.4 Å². The molecule has 0 radical (unpaired) electrons. The molecule has 0 aliphatic heterocycles. The Kier molecular flexibility index (Phi) is 6.17. The summed E-state index contributed by atoms with van der Waals surface area (Å²) < 4.78 is 6.87. The van der Waals surface area contributed by atoms with Gasteiger partial charge >= 0.3 is 0 Å². The largest absolute Gasteiger partial charge is 0.456 e. The topological polar surface area (TPSA) is 38.9 Å². The Hall–Kier alpha value is -6.84. The number of para-hydroxylation sites is 1. The van der Waals surface area contributed by atoms with Crippen molar-refractivity contribution in [2.45, 2.75) is 5.41 Å². The minimum absolute atomic E-state index is 0.482. The smallest absolute Gasteiger partial charge is 0.160 e. The van der Waals surface area contributed by atoms with Crippen molar-refractivity contribution in [3.05, 3.63) is 204 Å². The van der Waals surface area contributed by atoms with Gasteiger partial charge in [0, 0.05) is 33.2 Å². The first-order chi connectivity index (χ1) is 25.8. The Morgan fingerprint density at radius 3 is 1.67 bits per heavy atom. The molecular formula is C49H30N2O. The molecule has 2 aromatic heterocycles. The van der Waals surface area contributed by atoms with E-state index in [1.54, 1.807) is 0 Å². The summed E-state index contributed by atoms with van der Waals surface area (Å²) >= 11 is 0. The van der Waals surface area contributed by atoms with Gasteiger partial charge in [-0.05, 0) is 57.1 Å². The molecule has 2 aliphatic rings. The molecule has 3 nitrogen and oxygen atoms in total. The van der Waals surface area contributed by atoms with Crippen LogP contribution in [0, 0.1) is 0 Å². The fourth-order valence-electron chi connectivity index (χ4n) is 8.78. The highest BCUT2D eigenvalue weighted by Gasteiger charge is 2.54. The molecule has 52 heavy (non-hydrogen) atoms. The van der Waals surface area contributed by atoms with Crippen molar-refractivity contribution in [2.75, 3.05) is 0 Å². The van der Waals surface area contributed by atoms with Crippen LogP contribution in [0.1, 0.15) is 22.3 Å². The second-order valence-corrected chi connectivity index (χ2v) is 13.6. The van der Waals surface area contributed by atoms with E-state index in [2.05, 4.69) is 158 Å². The van der Waals surface area contributed by atoms with Crippen molar-refractivity contribution < 1.29 is 4.42 Å². The van der Waals surface area contributed by atoms with Crippen LogP contribution in [0.4, 0.5) is 0 Å². The van der Waals surface area contributed by atoms with Crippen LogP contribution < -0.4 is 0 Å². The summed E-state index contributed by atoms with van der Waals surface area (Å²) in [6.45, 7) is 0. The lowest BCUT2D eigenvalue weighted by Gasteiger charge is -2.30. The second kappa shape index (κ2) is 11.1. The molecule has 0 saturated carbocycles. The SMILES string of the molecule is c1ccc(-c2cc(-c3ccccc3-c3ccc4c(c3)-c3oc5ccccc5c3C43c4ccccc4-c4ccccc43)nc(-c3ccccc3)n2)cc1. The first-order valence-corrected chi connectivity index (χ1v) is 17.7. The van der Waals surface area contributed by atoms with Crippen molar-refractivity contribution in [3.63, 3.8) is 0 Å². The molecule has 7 aromatic carbocycles. The third-order valence-electron chi connectivity index (χ3n) is 10.9. The third kappa shape index (κ3) is 4.02. The van der Waals surface area contributed by atoms with Crippen LogP contribution in [0.15, 0.2) is 186 Å². The molecule has 0 saturated heterocycles. The summed E-state index contributed by atoms with van der Waals surface area (Å²) in [6, 6.07) is 64.5. The van der Waals surface area contributed by atoms with Gasteiger partial charge in [0.1, 0.15) is 11.3 Å². The fourth-order valence-corrected chi connectivity index (χ4v) is 8.78. The number of furan rings is 1. The molecule has 0 atom stereocenters. The van der Waals surface area contributed by atoms with E-state index in [9.17, 15) is 0 Å². The molecule has 9 aromatic rings. The minimum Gasteiger partial charge on any atom is -0.456 e. The van der Waals surface area contributed by atoms with Crippen LogP contribution in [-0.4, -0.2) is 9.97 Å². The van der Waals surface area contributed by atoms with Gasteiger partial charge in [0.25, 0.3) is 0 Å². The Labute approximate surface area is 301 Å². The van der Waals surface area contributed by atoms with Crippen molar-refractivity contribution in [2.24, 2.45) is 0 Å². The lowest BCUT2D eigenvalue weighted by molar-refractivity contribution is 0.628. The summed E-state index contributed by atoms with van der Waals surface area (Å²) in [5.41, 5.74) is 16.3. The van der Waals surface area contributed by atoms with Gasteiger partial charge in [0.15, 0.2) is 5.82 Å². The molecule has 2 heterocycles. The fraction of sp³-hybridized carbons (Fsp3) is 0.0204. The number of rotatable bonds is 4. The van der Waals surface area contributed by atoms with Gasteiger partial charge in [-0.15, -0.1) is 0 Å². The first-order valence-electron chi connectivity index (χ1n) is 17.7. The van der Waals surface area contributed by atoms with Gasteiger partial charge in [0.05, 0.1) is 16.8 Å². The van der Waals surface area contributed by atoms with Crippen molar-refractivity contribution >= 4 is 11.0 Å². The molecule has 1 spiro atoms. The summed E-state index contributed by atoms with van der Waals surface area (Å²) in [4.78, 5) is 10.2. The molecule has 11 rings (SSSR count). The Balaban J connectivity index is 1.15. The molecule has 3 heteroatoms. The van der Waals surface area contributed by atoms with Crippen LogP contribution in [-0.2, 0) is 5.41 Å². The normalized spacial score (nSPS) is 13.2. The molecule has 242 valence electrons. The number of nitrogens with zero attached hydrogens (tertiary/aromatic N) is 2. The molecule has 0 amide bonds. The van der Waals surface area contributed by atoms with E-state index in [-0.39, 0.29) is 0 Å². The number of aromatic nitrogens is 2. The van der Waals surface area contributed by atoms with Crippen LogP contribution in [0.25, 0.3) is 78.4 Å². The average molecular weight is 663 g/mol. The highest BCUT2D eigenvalue weighted by Crippen LogP contribution is 2.65. The van der Waals surface area contributed by atoms with E-state index in [4.69, 9.17) is 14.4 Å². The highest BCUT2D eigenvalue weighted by molar-refractivity contribution is 6.03. The van der Waals surface area contributed by atoms with E-state index in [0.29, 0.717) is 5.82 Å². The molecule has 0 N–H and O–H groups in total.